The largest absolute Gasteiger partial charge is 0.519 e. The highest BCUT2D eigenvalue weighted by Crippen LogP contribution is 2.49. The van der Waals surface area contributed by atoms with Crippen molar-refractivity contribution in [3.63, 3.8) is 0 Å². The second kappa shape index (κ2) is 8.96. The number of aliphatic hydroxyl groups is 2. The smallest absolute Gasteiger partial charge is 0.493 e. The molecule has 11 nitrogen and oxygen atoms in total. The molecule has 3 aromatic carbocycles. The summed E-state index contributed by atoms with van der Waals surface area (Å²) in [5.74, 6) is 2.04. The molecule has 0 radical (unpaired) electrons. The molecule has 3 heterocycles. The van der Waals surface area contributed by atoms with Gasteiger partial charge in [0.05, 0.1) is 19.8 Å². The van der Waals surface area contributed by atoms with Gasteiger partial charge in [0, 0.05) is 10.9 Å². The maximum Gasteiger partial charge on any atom is 0.519 e. The van der Waals surface area contributed by atoms with Crippen LogP contribution in [-0.2, 0) is 16.1 Å². The summed E-state index contributed by atoms with van der Waals surface area (Å²) in [5.41, 5.74) is 2.28. The fraction of sp³-hybridized carbons (Fsp3) is 0.346. The minimum Gasteiger partial charge on any atom is -0.493 e. The van der Waals surface area contributed by atoms with Crippen LogP contribution >= 0.6 is 0 Å². The van der Waals surface area contributed by atoms with E-state index in [1.54, 1.807) is 18.2 Å². The van der Waals surface area contributed by atoms with Gasteiger partial charge in [-0.2, -0.15) is 0 Å². The van der Waals surface area contributed by atoms with Crippen molar-refractivity contribution in [3.05, 3.63) is 41.5 Å². The summed E-state index contributed by atoms with van der Waals surface area (Å²) in [4.78, 5) is 10.8. The Hall–Kier alpha value is -3.77. The number of esters is 1. The second-order valence-electron chi connectivity index (χ2n) is 8.88. The monoisotopic (exact) mass is 514 g/mol. The Balaban J connectivity index is 1.61. The maximum absolute atomic E-state index is 10.8. The fourth-order valence-electron chi connectivity index (χ4n) is 4.92. The SMILES string of the molecule is COc1cc2c(OC3OCC([OH2+])C(O)C3O)c3c(c(-c4ccc5c(c4)OCO5)c2cc1OC)C(=[OH+])OC3. The van der Waals surface area contributed by atoms with E-state index < -0.39 is 24.6 Å². The first-order chi connectivity index (χ1) is 17.9. The van der Waals surface area contributed by atoms with Gasteiger partial charge >= 0.3 is 5.97 Å². The predicted octanol–water partition coefficient (Wildman–Crippen LogP) is 1.18. The molecule has 0 spiro atoms. The van der Waals surface area contributed by atoms with Crippen molar-refractivity contribution in [1.82, 2.24) is 0 Å². The zero-order valence-corrected chi connectivity index (χ0v) is 20.0. The number of aliphatic hydroxyl groups excluding tert-OH is 2. The van der Waals surface area contributed by atoms with Gasteiger partial charge < -0.3 is 53.3 Å². The Kier molecular flexibility index (Phi) is 5.72. The first kappa shape index (κ1) is 23.6. The molecule has 0 aliphatic carbocycles. The molecule has 3 aliphatic rings. The van der Waals surface area contributed by atoms with Crippen LogP contribution in [0.1, 0.15) is 11.1 Å². The van der Waals surface area contributed by atoms with Crippen LogP contribution in [0.3, 0.4) is 0 Å². The Morgan fingerprint density at radius 3 is 2.41 bits per heavy atom. The van der Waals surface area contributed by atoms with Gasteiger partial charge in [-0.15, -0.1) is 0 Å². The van der Waals surface area contributed by atoms with Crippen LogP contribution in [0.5, 0.6) is 28.7 Å². The van der Waals surface area contributed by atoms with Crippen LogP contribution in [0.25, 0.3) is 21.9 Å². The number of hydrogen-bond donors (Lipinski definition) is 2. The van der Waals surface area contributed by atoms with Crippen LogP contribution in [0.2, 0.25) is 0 Å². The number of cyclic esters (lactones) is 1. The van der Waals surface area contributed by atoms with Crippen LogP contribution in [0.15, 0.2) is 30.3 Å². The van der Waals surface area contributed by atoms with Crippen molar-refractivity contribution in [2.75, 3.05) is 27.6 Å². The predicted molar refractivity (Wildman–Crippen MR) is 129 cm³/mol. The number of fused-ring (bicyclic) bond motifs is 3. The Bertz CT molecular complexity index is 1400. The number of methoxy groups -OCH3 is 2. The highest BCUT2D eigenvalue weighted by Gasteiger charge is 2.44. The lowest BCUT2D eigenvalue weighted by Crippen LogP contribution is -2.54. The summed E-state index contributed by atoms with van der Waals surface area (Å²) < 4.78 is 39.4. The third-order valence-corrected chi connectivity index (χ3v) is 6.81. The minimum atomic E-state index is -1.46. The van der Waals surface area contributed by atoms with Crippen molar-refractivity contribution in [1.29, 1.82) is 0 Å². The van der Waals surface area contributed by atoms with Gasteiger partial charge in [-0.05, 0) is 35.2 Å². The summed E-state index contributed by atoms with van der Waals surface area (Å²) >= 11 is 0. The number of carbonyl (C=O) groups excluding carboxylic acids is 1. The van der Waals surface area contributed by atoms with Crippen LogP contribution in [0.4, 0.5) is 0 Å². The van der Waals surface area contributed by atoms with E-state index in [2.05, 4.69) is 0 Å². The molecule has 4 unspecified atom stereocenters. The molecule has 5 N–H and O–H groups in total. The molecule has 6 rings (SSSR count). The fourth-order valence-corrected chi connectivity index (χ4v) is 4.92. The van der Waals surface area contributed by atoms with E-state index in [0.717, 1.165) is 5.56 Å². The number of hydrogen-bond acceptors (Lipinski definition) is 9. The van der Waals surface area contributed by atoms with Gasteiger partial charge in [-0.25, -0.2) is 0 Å². The number of rotatable bonds is 5. The summed E-state index contributed by atoms with van der Waals surface area (Å²) in [6.45, 7) is -0.0151. The quantitative estimate of drug-likeness (QED) is 0.378. The van der Waals surface area contributed by atoms with Crippen LogP contribution in [-0.4, -0.2) is 78.3 Å². The summed E-state index contributed by atoms with van der Waals surface area (Å²) in [6.07, 6.45) is -5.07. The lowest BCUT2D eigenvalue weighted by molar-refractivity contribution is -0.241. The average molecular weight is 514 g/mol. The van der Waals surface area contributed by atoms with E-state index in [9.17, 15) is 15.0 Å². The lowest BCUT2D eigenvalue weighted by Gasteiger charge is -2.33. The number of ether oxygens (including phenoxy) is 7. The zero-order chi connectivity index (χ0) is 25.8. The molecule has 0 bridgehead atoms. The average Bonchev–Trinajstić information content (AvgIpc) is 3.54. The molecule has 0 saturated carbocycles. The zero-order valence-electron chi connectivity index (χ0n) is 20.0. The molecule has 1 saturated heterocycles. The summed E-state index contributed by atoms with van der Waals surface area (Å²) in [5, 5.41) is 29.8. The van der Waals surface area contributed by atoms with Crippen molar-refractivity contribution in [3.8, 4) is 39.9 Å². The van der Waals surface area contributed by atoms with E-state index >= 15 is 0 Å². The van der Waals surface area contributed by atoms with Crippen molar-refractivity contribution >= 4 is 16.7 Å². The van der Waals surface area contributed by atoms with E-state index in [-0.39, 0.29) is 31.7 Å². The van der Waals surface area contributed by atoms with Gasteiger partial charge in [0.1, 0.15) is 24.0 Å². The molecule has 0 amide bonds. The van der Waals surface area contributed by atoms with Crippen molar-refractivity contribution < 1.29 is 53.3 Å². The molecule has 11 heteroatoms. The molecule has 194 valence electrons. The van der Waals surface area contributed by atoms with Gasteiger partial charge in [0.25, 0.3) is 0 Å². The van der Waals surface area contributed by atoms with Gasteiger partial charge in [0.15, 0.2) is 29.1 Å². The molecule has 3 aliphatic heterocycles. The Labute approximate surface area is 210 Å². The standard InChI is InChI=1S/C26H24O11/c1-31-17-6-12-13(7-18(17)32-2)24(37-26-23(29)22(28)15(27)9-34-26)14-8-33-25(30)21(14)20(12)11-3-4-16-19(5-11)36-10-35-16/h3-7,15,22-23,26-29H,8-10H2,1-2H3/p+2. The lowest BCUT2D eigenvalue weighted by atomic mass is 9.89. The van der Waals surface area contributed by atoms with E-state index in [4.69, 9.17) is 38.3 Å². The minimum absolute atomic E-state index is 0.00915. The Morgan fingerprint density at radius 2 is 1.65 bits per heavy atom. The molecule has 0 aromatic heterocycles. The molecular formula is C26H26O11+2. The van der Waals surface area contributed by atoms with E-state index in [1.165, 1.54) is 14.2 Å². The van der Waals surface area contributed by atoms with Crippen LogP contribution < -0.4 is 23.7 Å². The van der Waals surface area contributed by atoms with Gasteiger partial charge in [-0.1, -0.05) is 6.07 Å². The molecule has 1 fully saturated rings. The normalized spacial score (nSPS) is 24.1. The molecule has 4 atom stereocenters. The van der Waals surface area contributed by atoms with Gasteiger partial charge in [0.2, 0.25) is 25.8 Å². The molecule has 37 heavy (non-hydrogen) atoms. The third-order valence-electron chi connectivity index (χ3n) is 6.81. The Morgan fingerprint density at radius 1 is 0.919 bits per heavy atom. The third kappa shape index (κ3) is 3.70. The molecular weight excluding hydrogens is 488 g/mol. The first-order valence-corrected chi connectivity index (χ1v) is 11.6. The van der Waals surface area contributed by atoms with E-state index in [1.807, 2.05) is 12.1 Å². The first-order valence-electron chi connectivity index (χ1n) is 11.6. The van der Waals surface area contributed by atoms with Crippen molar-refractivity contribution in [2.45, 2.75) is 31.2 Å². The number of benzene rings is 3. The topological polar surface area (TPSA) is 149 Å². The van der Waals surface area contributed by atoms with Crippen molar-refractivity contribution in [2.24, 2.45) is 0 Å². The maximum atomic E-state index is 10.8. The highest BCUT2D eigenvalue weighted by atomic mass is 16.7. The second-order valence-corrected chi connectivity index (χ2v) is 8.88. The van der Waals surface area contributed by atoms with E-state index in [0.29, 0.717) is 50.5 Å². The summed E-state index contributed by atoms with van der Waals surface area (Å²) in [7, 11) is 3.03. The summed E-state index contributed by atoms with van der Waals surface area (Å²) in [6, 6.07) is 8.95. The highest BCUT2D eigenvalue weighted by molar-refractivity contribution is 6.14. The van der Waals surface area contributed by atoms with Gasteiger partial charge in [-0.3, -0.25) is 0 Å². The molecule has 3 aromatic rings. The van der Waals surface area contributed by atoms with Crippen LogP contribution in [0, 0.1) is 0 Å².